The van der Waals surface area contributed by atoms with E-state index in [1.54, 1.807) is 16.7 Å². The van der Waals surface area contributed by atoms with Crippen LogP contribution in [0.2, 0.25) is 10.0 Å². The predicted octanol–water partition coefficient (Wildman–Crippen LogP) is 7.12. The summed E-state index contributed by atoms with van der Waals surface area (Å²) in [4.78, 5) is 49.2. The number of carbonyl (C=O) groups is 3. The van der Waals surface area contributed by atoms with Gasteiger partial charge in [-0.1, -0.05) is 48.3 Å². The molecule has 0 N–H and O–H groups in total. The molecule has 12 heteroatoms. The average Bonchev–Trinajstić information content (AvgIpc) is 3.76. The van der Waals surface area contributed by atoms with Crippen molar-refractivity contribution in [2.24, 2.45) is 5.92 Å². The van der Waals surface area contributed by atoms with Crippen molar-refractivity contribution >= 4 is 51.7 Å². The summed E-state index contributed by atoms with van der Waals surface area (Å²) in [5.41, 5.74) is 2.68. The van der Waals surface area contributed by atoms with Crippen LogP contribution in [0.25, 0.3) is 11.0 Å². The van der Waals surface area contributed by atoms with Gasteiger partial charge in [-0.05, 0) is 87.3 Å². The average molecular weight is 736 g/mol. The van der Waals surface area contributed by atoms with Gasteiger partial charge in [0.05, 0.1) is 49.0 Å². The number of para-hydroxylation sites is 2. The number of methoxy groups -OCH3 is 3. The SMILES string of the molecule is CCC(=O)Cn1c(C(=O)C2CCN(CCC3(c4ccc(Cl)c(Cl)c4)CCN(C(=O)c4cc(OC)c(OC)c(OC)c4)C3)CC2)nc2ccccc21. The summed E-state index contributed by atoms with van der Waals surface area (Å²) in [5.74, 6) is 1.41. The van der Waals surface area contributed by atoms with Gasteiger partial charge in [-0.25, -0.2) is 4.98 Å². The molecule has 0 bridgehead atoms. The fourth-order valence-corrected chi connectivity index (χ4v) is 7.83. The number of piperidine rings is 1. The maximum Gasteiger partial charge on any atom is 0.254 e. The van der Waals surface area contributed by atoms with Crippen molar-refractivity contribution in [2.75, 3.05) is 54.1 Å². The number of benzene rings is 3. The Balaban J connectivity index is 1.17. The van der Waals surface area contributed by atoms with Crippen LogP contribution in [0.15, 0.2) is 54.6 Å². The number of amides is 1. The number of imidazole rings is 1. The Bertz CT molecular complexity index is 1910. The van der Waals surface area contributed by atoms with E-state index in [-0.39, 0.29) is 35.4 Å². The third-order valence-corrected chi connectivity index (χ3v) is 11.3. The zero-order chi connectivity index (χ0) is 36.3. The van der Waals surface area contributed by atoms with Crippen LogP contribution in [0.4, 0.5) is 0 Å². The van der Waals surface area contributed by atoms with E-state index < -0.39 is 0 Å². The minimum Gasteiger partial charge on any atom is -0.493 e. The molecule has 0 aliphatic carbocycles. The van der Waals surface area contributed by atoms with Crippen molar-refractivity contribution in [3.8, 4) is 17.2 Å². The Hall–Kier alpha value is -4.12. The largest absolute Gasteiger partial charge is 0.493 e. The number of fused-ring (bicyclic) bond motifs is 1. The van der Waals surface area contributed by atoms with E-state index in [4.69, 9.17) is 37.4 Å². The topological polar surface area (TPSA) is 103 Å². The summed E-state index contributed by atoms with van der Waals surface area (Å²) in [6.45, 7) is 5.35. The van der Waals surface area contributed by atoms with Crippen molar-refractivity contribution in [1.29, 1.82) is 0 Å². The quantitative estimate of drug-likeness (QED) is 0.134. The lowest BCUT2D eigenvalue weighted by Crippen LogP contribution is -2.41. The molecule has 3 aromatic carbocycles. The van der Waals surface area contributed by atoms with Crippen molar-refractivity contribution in [2.45, 2.75) is 51.0 Å². The van der Waals surface area contributed by atoms with Gasteiger partial charge in [0.25, 0.3) is 5.91 Å². The lowest BCUT2D eigenvalue weighted by molar-refractivity contribution is -0.119. The molecule has 0 saturated carbocycles. The van der Waals surface area contributed by atoms with Gasteiger partial charge in [-0.3, -0.25) is 14.4 Å². The standard InChI is InChI=1S/C39H44Cl2N4O6/c1-5-28(46)23-45-32-9-7-6-8-31(32)42-37(45)35(47)25-12-16-43(17-13-25)18-14-39(27-10-11-29(40)30(41)22-27)15-19-44(24-39)38(48)26-20-33(49-2)36(51-4)34(21-26)50-3/h6-11,20-22,25H,5,12-19,23-24H2,1-4H3. The summed E-state index contributed by atoms with van der Waals surface area (Å²) in [6.07, 6.45) is 3.35. The van der Waals surface area contributed by atoms with Gasteiger partial charge in [0.15, 0.2) is 23.1 Å². The first-order valence-corrected chi connectivity index (χ1v) is 18.1. The molecule has 1 amide bonds. The van der Waals surface area contributed by atoms with Crippen LogP contribution < -0.4 is 14.2 Å². The van der Waals surface area contributed by atoms with Gasteiger partial charge in [-0.2, -0.15) is 0 Å². The van der Waals surface area contributed by atoms with Crippen LogP contribution in [0.1, 0.15) is 65.6 Å². The number of rotatable bonds is 13. The first-order chi connectivity index (χ1) is 24.6. The fraction of sp³-hybridized carbons (Fsp3) is 0.436. The van der Waals surface area contributed by atoms with Gasteiger partial charge in [0.2, 0.25) is 11.5 Å². The molecular formula is C39H44Cl2N4O6. The minimum absolute atomic E-state index is 0.00114. The number of likely N-dealkylation sites (tertiary alicyclic amines) is 2. The number of ketones is 2. The third kappa shape index (κ3) is 7.45. The van der Waals surface area contributed by atoms with Gasteiger partial charge in [0, 0.05) is 36.4 Å². The Morgan fingerprint density at radius 1 is 0.902 bits per heavy atom. The summed E-state index contributed by atoms with van der Waals surface area (Å²) < 4.78 is 18.3. The number of nitrogens with zero attached hydrogens (tertiary/aromatic N) is 4. The van der Waals surface area contributed by atoms with E-state index in [2.05, 4.69) is 9.88 Å². The second-order valence-corrected chi connectivity index (χ2v) is 14.2. The first-order valence-electron chi connectivity index (χ1n) is 17.4. The molecule has 1 atom stereocenters. The second-order valence-electron chi connectivity index (χ2n) is 13.4. The number of aromatic nitrogens is 2. The van der Waals surface area contributed by atoms with Crippen LogP contribution in [-0.4, -0.2) is 90.9 Å². The minimum atomic E-state index is -0.353. The maximum absolute atomic E-state index is 14.0. The van der Waals surface area contributed by atoms with E-state index in [1.807, 2.05) is 54.3 Å². The lowest BCUT2D eigenvalue weighted by Gasteiger charge is -2.36. The maximum atomic E-state index is 14.0. The first kappa shape index (κ1) is 36.7. The fourth-order valence-electron chi connectivity index (χ4n) is 7.53. The monoisotopic (exact) mass is 734 g/mol. The molecule has 1 unspecified atom stereocenters. The second kappa shape index (κ2) is 15.6. The van der Waals surface area contributed by atoms with Crippen molar-refractivity contribution < 1.29 is 28.6 Å². The molecule has 4 aromatic rings. The molecule has 2 aliphatic heterocycles. The molecule has 1 aromatic heterocycles. The number of hydrogen-bond donors (Lipinski definition) is 0. The summed E-state index contributed by atoms with van der Waals surface area (Å²) in [7, 11) is 4.59. The van der Waals surface area contributed by atoms with Crippen molar-refractivity contribution in [3.05, 3.63) is 81.6 Å². The number of carbonyl (C=O) groups excluding carboxylic acids is 3. The van der Waals surface area contributed by atoms with E-state index in [9.17, 15) is 14.4 Å². The van der Waals surface area contributed by atoms with E-state index >= 15 is 0 Å². The van der Waals surface area contributed by atoms with Gasteiger partial charge < -0.3 is 28.6 Å². The molecule has 0 spiro atoms. The number of halogens is 2. The summed E-state index contributed by atoms with van der Waals surface area (Å²) in [5, 5.41) is 0.965. The van der Waals surface area contributed by atoms with E-state index in [0.29, 0.717) is 71.0 Å². The Morgan fingerprint density at radius 2 is 1.61 bits per heavy atom. The summed E-state index contributed by atoms with van der Waals surface area (Å²) in [6, 6.07) is 16.7. The van der Waals surface area contributed by atoms with Crippen LogP contribution in [0.5, 0.6) is 17.2 Å². The van der Waals surface area contributed by atoms with Gasteiger partial charge in [-0.15, -0.1) is 0 Å². The van der Waals surface area contributed by atoms with Gasteiger partial charge in [0.1, 0.15) is 0 Å². The predicted molar refractivity (Wildman–Crippen MR) is 198 cm³/mol. The third-order valence-electron chi connectivity index (χ3n) is 10.6. The highest BCUT2D eigenvalue weighted by Gasteiger charge is 2.42. The highest BCUT2D eigenvalue weighted by atomic mass is 35.5. The molecular weight excluding hydrogens is 691 g/mol. The van der Waals surface area contributed by atoms with Crippen molar-refractivity contribution in [1.82, 2.24) is 19.4 Å². The Kier molecular flexibility index (Phi) is 11.2. The van der Waals surface area contributed by atoms with E-state index in [1.165, 1.54) is 21.3 Å². The molecule has 10 nitrogen and oxygen atoms in total. The Labute approximate surface area is 308 Å². The molecule has 3 heterocycles. The van der Waals surface area contributed by atoms with Gasteiger partial charge >= 0.3 is 0 Å². The summed E-state index contributed by atoms with van der Waals surface area (Å²) >= 11 is 12.9. The van der Waals surface area contributed by atoms with E-state index in [0.717, 1.165) is 49.1 Å². The smallest absolute Gasteiger partial charge is 0.254 e. The molecule has 0 radical (unpaired) electrons. The van der Waals surface area contributed by atoms with Crippen LogP contribution in [-0.2, 0) is 16.8 Å². The van der Waals surface area contributed by atoms with Crippen molar-refractivity contribution in [3.63, 3.8) is 0 Å². The number of hydrogen-bond acceptors (Lipinski definition) is 8. The number of ether oxygens (including phenoxy) is 3. The molecule has 51 heavy (non-hydrogen) atoms. The van der Waals surface area contributed by atoms with Crippen LogP contribution in [0.3, 0.4) is 0 Å². The normalized spacial score (nSPS) is 18.3. The zero-order valence-corrected chi connectivity index (χ0v) is 31.1. The molecule has 270 valence electrons. The number of Topliss-reactive ketones (excluding diaryl/α,β-unsaturated/α-hetero) is 2. The van der Waals surface area contributed by atoms with Crippen LogP contribution in [0, 0.1) is 5.92 Å². The highest BCUT2D eigenvalue weighted by Crippen LogP contribution is 2.43. The Morgan fingerprint density at radius 3 is 2.25 bits per heavy atom. The molecule has 2 fully saturated rings. The lowest BCUT2D eigenvalue weighted by atomic mass is 9.76. The molecule has 2 aliphatic rings. The highest BCUT2D eigenvalue weighted by molar-refractivity contribution is 6.42. The van der Waals surface area contributed by atoms with Crippen LogP contribution >= 0.6 is 23.2 Å². The molecule has 2 saturated heterocycles. The zero-order valence-electron chi connectivity index (χ0n) is 29.5. The molecule has 6 rings (SSSR count).